The Balaban J connectivity index is 1.31. The zero-order chi connectivity index (χ0) is 23.3. The van der Waals surface area contributed by atoms with E-state index in [2.05, 4.69) is 33.0 Å². The van der Waals surface area contributed by atoms with E-state index in [1.807, 2.05) is 36.4 Å². The molecule has 1 amide bonds. The number of hydrogen-bond acceptors (Lipinski definition) is 6. The number of para-hydroxylation sites is 1. The summed E-state index contributed by atoms with van der Waals surface area (Å²) in [4.78, 5) is 13.3. The standard InChI is InChI=1S/C26H27N5O3/c1-33-23-5-3-4-21(24(23)34-2)16-10-17(13-20(12-16)31-15-28-29-30-31)25(32)27-14-18-11-19-6-7-22(18)26(19)8-9-26/h3-7,10,12-13,15,18-19,22H,8-9,11,14H2,1-2H3,(H,27,32)/t18-,19-,22-/m1/s1. The van der Waals surface area contributed by atoms with Crippen LogP contribution in [0, 0.1) is 23.2 Å². The monoisotopic (exact) mass is 457 g/mol. The van der Waals surface area contributed by atoms with Crippen molar-refractivity contribution in [3.8, 4) is 28.3 Å². The number of rotatable bonds is 7. The molecular formula is C26H27N5O3. The van der Waals surface area contributed by atoms with Gasteiger partial charge in [-0.3, -0.25) is 4.79 Å². The van der Waals surface area contributed by atoms with Crippen molar-refractivity contribution >= 4 is 5.91 Å². The molecular weight excluding hydrogens is 430 g/mol. The Morgan fingerprint density at radius 1 is 1.18 bits per heavy atom. The van der Waals surface area contributed by atoms with Gasteiger partial charge in [0.25, 0.3) is 5.91 Å². The number of ether oxygens (including phenoxy) is 2. The van der Waals surface area contributed by atoms with Crippen molar-refractivity contribution in [1.82, 2.24) is 25.5 Å². The van der Waals surface area contributed by atoms with Crippen molar-refractivity contribution in [2.24, 2.45) is 23.2 Å². The lowest BCUT2D eigenvalue weighted by atomic mass is 9.89. The Hall–Kier alpha value is -3.68. The number of amides is 1. The van der Waals surface area contributed by atoms with Crippen LogP contribution in [0.5, 0.6) is 11.5 Å². The van der Waals surface area contributed by atoms with Crippen LogP contribution in [0.4, 0.5) is 0 Å². The second-order valence-electron chi connectivity index (χ2n) is 9.52. The quantitative estimate of drug-likeness (QED) is 0.545. The summed E-state index contributed by atoms with van der Waals surface area (Å²) in [5.74, 6) is 2.96. The Morgan fingerprint density at radius 2 is 2.06 bits per heavy atom. The first-order chi connectivity index (χ1) is 16.6. The average molecular weight is 458 g/mol. The molecule has 3 aromatic rings. The fraction of sp³-hybridized carbons (Fsp3) is 0.385. The van der Waals surface area contributed by atoms with E-state index < -0.39 is 0 Å². The van der Waals surface area contributed by atoms with Crippen molar-refractivity contribution in [1.29, 1.82) is 0 Å². The van der Waals surface area contributed by atoms with Crippen LogP contribution in [0.15, 0.2) is 54.9 Å². The maximum Gasteiger partial charge on any atom is 0.251 e. The van der Waals surface area contributed by atoms with Gasteiger partial charge in [-0.05, 0) is 82.7 Å². The van der Waals surface area contributed by atoms with Crippen molar-refractivity contribution in [2.45, 2.75) is 19.3 Å². The van der Waals surface area contributed by atoms with Crippen molar-refractivity contribution in [3.05, 3.63) is 60.4 Å². The average Bonchev–Trinajstić information content (AvgIpc) is 3.21. The molecule has 0 radical (unpaired) electrons. The lowest BCUT2D eigenvalue weighted by Gasteiger charge is -2.20. The summed E-state index contributed by atoms with van der Waals surface area (Å²) in [7, 11) is 3.21. The third-order valence-electron chi connectivity index (χ3n) is 7.88. The van der Waals surface area contributed by atoms with Crippen LogP contribution in [0.25, 0.3) is 16.8 Å². The maximum atomic E-state index is 13.3. The molecule has 1 spiro atoms. The highest BCUT2D eigenvalue weighted by Gasteiger charge is 2.62. The highest BCUT2D eigenvalue weighted by atomic mass is 16.5. The van der Waals surface area contributed by atoms with E-state index in [1.54, 1.807) is 18.9 Å². The maximum absolute atomic E-state index is 13.3. The molecule has 1 N–H and O–H groups in total. The van der Waals surface area contributed by atoms with Gasteiger partial charge < -0.3 is 14.8 Å². The van der Waals surface area contributed by atoms with E-state index in [9.17, 15) is 4.79 Å². The second-order valence-corrected chi connectivity index (χ2v) is 9.52. The number of aromatic nitrogens is 4. The Labute approximate surface area is 198 Å². The van der Waals surface area contributed by atoms with Crippen molar-refractivity contribution in [2.75, 3.05) is 20.8 Å². The van der Waals surface area contributed by atoms with E-state index in [-0.39, 0.29) is 5.91 Å². The van der Waals surface area contributed by atoms with E-state index in [4.69, 9.17) is 9.47 Å². The van der Waals surface area contributed by atoms with Crippen molar-refractivity contribution in [3.63, 3.8) is 0 Å². The van der Waals surface area contributed by atoms with Gasteiger partial charge in [0.1, 0.15) is 6.33 Å². The van der Waals surface area contributed by atoms with Gasteiger partial charge in [0.15, 0.2) is 11.5 Å². The molecule has 8 nitrogen and oxygen atoms in total. The molecule has 0 unspecified atom stereocenters. The first-order valence-corrected chi connectivity index (χ1v) is 11.7. The molecule has 2 bridgehead atoms. The van der Waals surface area contributed by atoms with E-state index >= 15 is 0 Å². The van der Waals surface area contributed by atoms with Crippen LogP contribution in [0.3, 0.4) is 0 Å². The van der Waals surface area contributed by atoms with E-state index in [1.165, 1.54) is 25.6 Å². The predicted octanol–water partition coefficient (Wildman–Crippen LogP) is 3.68. The van der Waals surface area contributed by atoms with Gasteiger partial charge in [0, 0.05) is 17.7 Å². The Bertz CT molecular complexity index is 1270. The lowest BCUT2D eigenvalue weighted by Crippen LogP contribution is -2.31. The number of nitrogens with zero attached hydrogens (tertiary/aromatic N) is 4. The summed E-state index contributed by atoms with van der Waals surface area (Å²) in [6, 6.07) is 11.3. The van der Waals surface area contributed by atoms with Gasteiger partial charge in [0.05, 0.1) is 19.9 Å². The molecule has 6 rings (SSSR count). The van der Waals surface area contributed by atoms with Crippen LogP contribution in [-0.4, -0.2) is 46.9 Å². The van der Waals surface area contributed by atoms with Crippen molar-refractivity contribution < 1.29 is 14.3 Å². The van der Waals surface area contributed by atoms with Gasteiger partial charge in [-0.1, -0.05) is 24.3 Å². The molecule has 0 saturated heterocycles. The third-order valence-corrected chi connectivity index (χ3v) is 7.88. The summed E-state index contributed by atoms with van der Waals surface area (Å²) >= 11 is 0. The van der Waals surface area contributed by atoms with Gasteiger partial charge >= 0.3 is 0 Å². The lowest BCUT2D eigenvalue weighted by molar-refractivity contribution is 0.0944. The number of carbonyl (C=O) groups is 1. The number of hydrogen-bond donors (Lipinski definition) is 1. The largest absolute Gasteiger partial charge is 0.493 e. The number of tetrazole rings is 1. The smallest absolute Gasteiger partial charge is 0.251 e. The number of benzene rings is 2. The minimum Gasteiger partial charge on any atom is -0.493 e. The SMILES string of the molecule is COc1cccc(-c2cc(C(=O)NC[C@H]3C[C@H]4C=C[C@H]3C43CC3)cc(-n3cnnn3)c2)c1OC. The molecule has 3 atom stereocenters. The molecule has 2 saturated carbocycles. The molecule has 1 aromatic heterocycles. The van der Waals surface area contributed by atoms with Crippen LogP contribution in [0.1, 0.15) is 29.6 Å². The molecule has 8 heteroatoms. The van der Waals surface area contributed by atoms with Crippen LogP contribution >= 0.6 is 0 Å². The molecule has 2 aromatic carbocycles. The molecule has 1 heterocycles. The summed E-state index contributed by atoms with van der Waals surface area (Å²) in [5, 5.41) is 14.7. The molecule has 3 aliphatic carbocycles. The number of allylic oxidation sites excluding steroid dienone is 2. The Morgan fingerprint density at radius 3 is 2.76 bits per heavy atom. The van der Waals surface area contributed by atoms with Gasteiger partial charge in [-0.25, -0.2) is 4.68 Å². The normalized spacial score (nSPS) is 23.3. The first-order valence-electron chi connectivity index (χ1n) is 11.7. The fourth-order valence-corrected chi connectivity index (χ4v) is 6.11. The van der Waals surface area contributed by atoms with Gasteiger partial charge in [-0.15, -0.1) is 5.10 Å². The molecule has 3 aliphatic rings. The fourth-order valence-electron chi connectivity index (χ4n) is 6.11. The topological polar surface area (TPSA) is 91.2 Å². The number of carbonyl (C=O) groups excluding carboxylic acids is 1. The van der Waals surface area contributed by atoms with Crippen LogP contribution < -0.4 is 14.8 Å². The molecule has 34 heavy (non-hydrogen) atoms. The summed E-state index contributed by atoms with van der Waals surface area (Å²) < 4.78 is 12.7. The summed E-state index contributed by atoms with van der Waals surface area (Å²) in [6.07, 6.45) is 10.2. The number of nitrogens with one attached hydrogen (secondary N) is 1. The Kier molecular flexibility index (Phi) is 4.90. The molecule has 174 valence electrons. The predicted molar refractivity (Wildman–Crippen MR) is 126 cm³/mol. The van der Waals surface area contributed by atoms with Gasteiger partial charge in [-0.2, -0.15) is 0 Å². The van der Waals surface area contributed by atoms with Crippen LogP contribution in [-0.2, 0) is 0 Å². The summed E-state index contributed by atoms with van der Waals surface area (Å²) in [5.41, 5.74) is 3.39. The number of methoxy groups -OCH3 is 2. The molecule has 2 fully saturated rings. The zero-order valence-electron chi connectivity index (χ0n) is 19.3. The van der Waals surface area contributed by atoms with Crippen LogP contribution in [0.2, 0.25) is 0 Å². The minimum atomic E-state index is -0.102. The van der Waals surface area contributed by atoms with E-state index in [0.717, 1.165) is 11.1 Å². The third kappa shape index (κ3) is 3.28. The first kappa shape index (κ1) is 20.9. The zero-order valence-corrected chi connectivity index (χ0v) is 19.3. The second kappa shape index (κ2) is 7.97. The summed E-state index contributed by atoms with van der Waals surface area (Å²) in [6.45, 7) is 0.693. The highest BCUT2D eigenvalue weighted by molar-refractivity contribution is 5.96. The minimum absolute atomic E-state index is 0.102. The van der Waals surface area contributed by atoms with Gasteiger partial charge in [0.2, 0.25) is 0 Å². The molecule has 0 aliphatic heterocycles. The van der Waals surface area contributed by atoms with E-state index in [0.29, 0.717) is 52.5 Å². The highest BCUT2D eigenvalue weighted by Crippen LogP contribution is 2.69.